The molecule has 0 unspecified atom stereocenters. The van der Waals surface area contributed by atoms with E-state index in [1.165, 1.54) is 26.0 Å². The first-order valence-corrected chi connectivity index (χ1v) is 4.55. The predicted octanol–water partition coefficient (Wildman–Crippen LogP) is 1.96. The van der Waals surface area contributed by atoms with Crippen molar-refractivity contribution in [3.05, 3.63) is 23.7 Å². The van der Waals surface area contributed by atoms with Gasteiger partial charge in [-0.25, -0.2) is 0 Å². The molecule has 0 aliphatic heterocycles. The van der Waals surface area contributed by atoms with E-state index in [1.54, 1.807) is 13.8 Å². The highest BCUT2D eigenvalue weighted by molar-refractivity contribution is 5.87. The normalized spacial score (nSPS) is 12.3. The van der Waals surface area contributed by atoms with E-state index < -0.39 is 0 Å². The van der Waals surface area contributed by atoms with Crippen LogP contribution in [0.15, 0.2) is 23.7 Å². The Kier molecular flexibility index (Phi) is 6.09. The fourth-order valence-corrected chi connectivity index (χ4v) is 0.871. The zero-order valence-electron chi connectivity index (χ0n) is 9.49. The molecule has 0 rings (SSSR count). The van der Waals surface area contributed by atoms with Gasteiger partial charge in [-0.3, -0.25) is 9.59 Å². The number of allylic oxidation sites excluding steroid dienone is 4. The highest BCUT2D eigenvalue weighted by atomic mass is 16.7. The molecule has 4 nitrogen and oxygen atoms in total. The summed E-state index contributed by atoms with van der Waals surface area (Å²) in [6.45, 7) is 6.19. The number of rotatable bonds is 6. The van der Waals surface area contributed by atoms with Gasteiger partial charge in [-0.1, -0.05) is 0 Å². The van der Waals surface area contributed by atoms with Gasteiger partial charge in [0.25, 0.3) is 0 Å². The fraction of sp³-hybridized carbons (Fsp3) is 0.455. The van der Waals surface area contributed by atoms with Crippen LogP contribution < -0.4 is 0 Å². The van der Waals surface area contributed by atoms with Gasteiger partial charge in [-0.2, -0.15) is 0 Å². The second kappa shape index (κ2) is 6.81. The summed E-state index contributed by atoms with van der Waals surface area (Å²) in [4.78, 5) is 21.3. The van der Waals surface area contributed by atoms with Gasteiger partial charge < -0.3 is 9.47 Å². The lowest BCUT2D eigenvalue weighted by Gasteiger charge is -2.07. The van der Waals surface area contributed by atoms with Crippen molar-refractivity contribution in [1.29, 1.82) is 0 Å². The molecule has 0 bridgehead atoms. The second-order valence-corrected chi connectivity index (χ2v) is 3.14. The predicted molar refractivity (Wildman–Crippen MR) is 55.9 cm³/mol. The Labute approximate surface area is 89.6 Å². The first-order chi connectivity index (χ1) is 6.91. The van der Waals surface area contributed by atoms with Crippen LogP contribution in [0.3, 0.4) is 0 Å². The first kappa shape index (κ1) is 13.4. The van der Waals surface area contributed by atoms with E-state index >= 15 is 0 Å². The summed E-state index contributed by atoms with van der Waals surface area (Å²) in [7, 11) is 0. The third kappa shape index (κ3) is 8.74. The maximum atomic E-state index is 10.6. The van der Waals surface area contributed by atoms with E-state index in [2.05, 4.69) is 0 Å². The standard InChI is InChI=1S/C11H16O4/c1-8(12)5-10(3)14-7-15-11(4)6-9(2)13/h5-6H,7H2,1-4H3/b10-5-,11-6-. The molecule has 0 fully saturated rings. The maximum Gasteiger partial charge on any atom is 0.229 e. The third-order valence-corrected chi connectivity index (χ3v) is 1.39. The van der Waals surface area contributed by atoms with E-state index in [0.29, 0.717) is 11.5 Å². The molecule has 0 amide bonds. The molecule has 0 aliphatic carbocycles. The van der Waals surface area contributed by atoms with Crippen molar-refractivity contribution in [1.82, 2.24) is 0 Å². The van der Waals surface area contributed by atoms with Crippen molar-refractivity contribution in [2.24, 2.45) is 0 Å². The van der Waals surface area contributed by atoms with Gasteiger partial charge in [0.2, 0.25) is 6.79 Å². The Balaban J connectivity index is 3.90. The molecule has 0 aliphatic rings. The minimum absolute atomic E-state index is 0.00870. The molecule has 15 heavy (non-hydrogen) atoms. The zero-order valence-corrected chi connectivity index (χ0v) is 9.49. The summed E-state index contributed by atoms with van der Waals surface area (Å²) in [5.41, 5.74) is 0. The van der Waals surface area contributed by atoms with Crippen LogP contribution >= 0.6 is 0 Å². The number of carbonyl (C=O) groups is 2. The highest BCUT2D eigenvalue weighted by Gasteiger charge is 1.95. The second-order valence-electron chi connectivity index (χ2n) is 3.14. The van der Waals surface area contributed by atoms with Crippen LogP contribution in [0, 0.1) is 0 Å². The fourth-order valence-electron chi connectivity index (χ4n) is 0.871. The Morgan fingerprint density at radius 2 is 1.20 bits per heavy atom. The van der Waals surface area contributed by atoms with Crippen LogP contribution in [-0.2, 0) is 19.1 Å². The van der Waals surface area contributed by atoms with Gasteiger partial charge in [0.1, 0.15) is 11.5 Å². The molecule has 0 radical (unpaired) electrons. The Hall–Kier alpha value is -1.58. The van der Waals surface area contributed by atoms with Gasteiger partial charge in [-0.15, -0.1) is 0 Å². The molecule has 0 aromatic rings. The third-order valence-electron chi connectivity index (χ3n) is 1.39. The van der Waals surface area contributed by atoms with E-state index in [0.717, 1.165) is 0 Å². The molecule has 0 atom stereocenters. The van der Waals surface area contributed by atoms with Crippen LogP contribution in [0.4, 0.5) is 0 Å². The van der Waals surface area contributed by atoms with Crippen LogP contribution in [-0.4, -0.2) is 18.4 Å². The van der Waals surface area contributed by atoms with E-state index in [9.17, 15) is 9.59 Å². The molecular formula is C11H16O4. The molecule has 0 saturated heterocycles. The van der Waals surface area contributed by atoms with Crippen LogP contribution in [0.1, 0.15) is 27.7 Å². The van der Waals surface area contributed by atoms with E-state index in [-0.39, 0.29) is 18.4 Å². The van der Waals surface area contributed by atoms with Crippen LogP contribution in [0.2, 0.25) is 0 Å². The highest BCUT2D eigenvalue weighted by Crippen LogP contribution is 2.00. The molecule has 4 heteroatoms. The lowest BCUT2D eigenvalue weighted by molar-refractivity contribution is -0.113. The van der Waals surface area contributed by atoms with Crippen LogP contribution in [0.25, 0.3) is 0 Å². The molecule has 0 saturated carbocycles. The Morgan fingerprint density at radius 1 is 0.867 bits per heavy atom. The van der Waals surface area contributed by atoms with Crippen LogP contribution in [0.5, 0.6) is 0 Å². The maximum absolute atomic E-state index is 10.6. The zero-order chi connectivity index (χ0) is 11.8. The summed E-state index contributed by atoms with van der Waals surface area (Å²) in [6, 6.07) is 0. The molecule has 0 N–H and O–H groups in total. The van der Waals surface area contributed by atoms with Gasteiger partial charge in [0.05, 0.1) is 0 Å². The number of carbonyl (C=O) groups excluding carboxylic acids is 2. The minimum Gasteiger partial charge on any atom is -0.462 e. The average Bonchev–Trinajstić information content (AvgIpc) is 2.00. The topological polar surface area (TPSA) is 52.6 Å². The smallest absolute Gasteiger partial charge is 0.229 e. The first-order valence-electron chi connectivity index (χ1n) is 4.55. The lowest BCUT2D eigenvalue weighted by atomic mass is 10.4. The van der Waals surface area contributed by atoms with Gasteiger partial charge in [-0.05, 0) is 27.7 Å². The SMILES string of the molecule is CC(=O)/C=C(/C)OCO/C(C)=C\C(C)=O. The van der Waals surface area contributed by atoms with Gasteiger partial charge in [0, 0.05) is 12.2 Å². The molecule has 0 heterocycles. The molecular weight excluding hydrogens is 196 g/mol. The molecule has 0 aromatic heterocycles. The van der Waals surface area contributed by atoms with Crippen molar-refractivity contribution < 1.29 is 19.1 Å². The number of hydrogen-bond donors (Lipinski definition) is 0. The number of hydrogen-bond acceptors (Lipinski definition) is 4. The summed E-state index contributed by atoms with van der Waals surface area (Å²) >= 11 is 0. The van der Waals surface area contributed by atoms with E-state index in [4.69, 9.17) is 9.47 Å². The van der Waals surface area contributed by atoms with Gasteiger partial charge in [0.15, 0.2) is 11.6 Å². The summed E-state index contributed by atoms with van der Waals surface area (Å²) in [6.07, 6.45) is 2.74. The van der Waals surface area contributed by atoms with Crippen molar-refractivity contribution in [2.45, 2.75) is 27.7 Å². The minimum atomic E-state index is -0.0801. The van der Waals surface area contributed by atoms with Crippen molar-refractivity contribution >= 4 is 11.6 Å². The summed E-state index contributed by atoms with van der Waals surface area (Å²) in [5.74, 6) is 0.809. The Bertz CT molecular complexity index is 270. The lowest BCUT2D eigenvalue weighted by Crippen LogP contribution is -1.99. The summed E-state index contributed by atoms with van der Waals surface area (Å²) in [5, 5.41) is 0. The molecule has 84 valence electrons. The van der Waals surface area contributed by atoms with E-state index in [1.807, 2.05) is 0 Å². The average molecular weight is 212 g/mol. The quantitative estimate of drug-likeness (QED) is 0.383. The molecule has 0 aromatic carbocycles. The number of ketones is 2. The largest absolute Gasteiger partial charge is 0.462 e. The monoisotopic (exact) mass is 212 g/mol. The van der Waals surface area contributed by atoms with Crippen molar-refractivity contribution in [2.75, 3.05) is 6.79 Å². The van der Waals surface area contributed by atoms with Crippen molar-refractivity contribution in [3.8, 4) is 0 Å². The van der Waals surface area contributed by atoms with Crippen molar-refractivity contribution in [3.63, 3.8) is 0 Å². The summed E-state index contributed by atoms with van der Waals surface area (Å²) < 4.78 is 10.1. The van der Waals surface area contributed by atoms with Gasteiger partial charge >= 0.3 is 0 Å². The molecule has 0 spiro atoms. The Morgan fingerprint density at radius 3 is 1.47 bits per heavy atom. The number of ether oxygens (including phenoxy) is 2.